The number of nitrogens with zero attached hydrogens (tertiary/aromatic N) is 2. The number of benzene rings is 2. The molecule has 0 amide bonds. The summed E-state index contributed by atoms with van der Waals surface area (Å²) in [6.45, 7) is 2.56. The number of anilines is 1. The Balaban J connectivity index is 1.68. The van der Waals surface area contributed by atoms with Gasteiger partial charge in [-0.2, -0.15) is 0 Å². The number of aromatic nitrogens is 2. The molecule has 0 aliphatic heterocycles. The zero-order valence-corrected chi connectivity index (χ0v) is 16.1. The van der Waals surface area contributed by atoms with Crippen molar-refractivity contribution in [3.05, 3.63) is 78.1 Å². The normalized spacial score (nSPS) is 10.8. The van der Waals surface area contributed by atoms with E-state index in [1.807, 2.05) is 49.4 Å². The van der Waals surface area contributed by atoms with Gasteiger partial charge in [0.1, 0.15) is 0 Å². The smallest absolute Gasteiger partial charge is 0.151 e. The monoisotopic (exact) mass is 383 g/mol. The van der Waals surface area contributed by atoms with Crippen molar-refractivity contribution in [2.45, 2.75) is 6.92 Å². The summed E-state index contributed by atoms with van der Waals surface area (Å²) in [4.78, 5) is 20.6. The van der Waals surface area contributed by atoms with Crippen LogP contribution in [0.2, 0.25) is 0 Å². The first-order valence-electron chi connectivity index (χ1n) is 9.46. The van der Waals surface area contributed by atoms with Crippen molar-refractivity contribution < 1.29 is 9.90 Å². The minimum Gasteiger partial charge on any atom is -0.395 e. The van der Waals surface area contributed by atoms with Crippen molar-refractivity contribution in [3.8, 4) is 22.4 Å². The summed E-state index contributed by atoms with van der Waals surface area (Å²) in [7, 11) is 0. The van der Waals surface area contributed by atoms with Crippen LogP contribution in [0.4, 0.5) is 5.69 Å². The molecule has 2 aromatic carbocycles. The Bertz CT molecular complexity index is 1150. The lowest BCUT2D eigenvalue weighted by Crippen LogP contribution is -2.04. The molecule has 0 bridgehead atoms. The Kier molecular flexibility index (Phi) is 5.31. The van der Waals surface area contributed by atoms with Crippen LogP contribution in [0, 0.1) is 6.92 Å². The van der Waals surface area contributed by atoms with Crippen molar-refractivity contribution in [1.82, 2.24) is 9.97 Å². The Morgan fingerprint density at radius 3 is 2.28 bits per heavy atom. The molecule has 4 aromatic rings. The SMILES string of the molecule is Cc1c(-c2ccc(-c3ccc(NCCO)cc3)cc2)nc2ccncc2c1C=O. The molecule has 5 nitrogen and oxygen atoms in total. The fourth-order valence-corrected chi connectivity index (χ4v) is 3.46. The lowest BCUT2D eigenvalue weighted by Gasteiger charge is -2.12. The predicted molar refractivity (Wildman–Crippen MR) is 116 cm³/mol. The number of carbonyl (C=O) groups is 1. The van der Waals surface area contributed by atoms with Crippen molar-refractivity contribution in [1.29, 1.82) is 0 Å². The van der Waals surface area contributed by atoms with Gasteiger partial charge < -0.3 is 10.4 Å². The predicted octanol–water partition coefficient (Wildman–Crippen LogP) is 4.49. The average molecular weight is 383 g/mol. The van der Waals surface area contributed by atoms with Gasteiger partial charge in [-0.3, -0.25) is 9.78 Å². The van der Waals surface area contributed by atoms with E-state index >= 15 is 0 Å². The Labute approximate surface area is 169 Å². The third-order valence-electron chi connectivity index (χ3n) is 5.02. The lowest BCUT2D eigenvalue weighted by atomic mass is 9.97. The number of carbonyl (C=O) groups excluding carboxylic acids is 1. The first kappa shape index (κ1) is 18.8. The summed E-state index contributed by atoms with van der Waals surface area (Å²) in [6, 6.07) is 18.1. The number of aliphatic hydroxyl groups is 1. The molecule has 2 aromatic heterocycles. The summed E-state index contributed by atoms with van der Waals surface area (Å²) < 4.78 is 0. The van der Waals surface area contributed by atoms with Crippen LogP contribution in [0.3, 0.4) is 0 Å². The number of nitrogens with one attached hydrogen (secondary N) is 1. The van der Waals surface area contributed by atoms with E-state index in [9.17, 15) is 4.79 Å². The van der Waals surface area contributed by atoms with Gasteiger partial charge in [0.15, 0.2) is 6.29 Å². The molecule has 5 heteroatoms. The maximum absolute atomic E-state index is 11.7. The van der Waals surface area contributed by atoms with E-state index in [0.717, 1.165) is 50.8 Å². The second-order valence-electron chi connectivity index (χ2n) is 6.81. The number of pyridine rings is 2. The summed E-state index contributed by atoms with van der Waals surface area (Å²) in [5.74, 6) is 0. The van der Waals surface area contributed by atoms with Crippen molar-refractivity contribution >= 4 is 22.9 Å². The summed E-state index contributed by atoms with van der Waals surface area (Å²) >= 11 is 0. The second-order valence-corrected chi connectivity index (χ2v) is 6.81. The van der Waals surface area contributed by atoms with Gasteiger partial charge in [-0.25, -0.2) is 4.98 Å². The molecule has 0 radical (unpaired) electrons. The van der Waals surface area contributed by atoms with Gasteiger partial charge in [0.25, 0.3) is 0 Å². The van der Waals surface area contributed by atoms with Gasteiger partial charge in [0.05, 0.1) is 17.8 Å². The van der Waals surface area contributed by atoms with Crippen LogP contribution >= 0.6 is 0 Å². The number of hydrogen-bond donors (Lipinski definition) is 2. The Hall–Kier alpha value is -3.57. The number of fused-ring (bicyclic) bond motifs is 1. The summed E-state index contributed by atoms with van der Waals surface area (Å²) in [5, 5.41) is 12.8. The highest BCUT2D eigenvalue weighted by atomic mass is 16.3. The first-order chi connectivity index (χ1) is 14.2. The lowest BCUT2D eigenvalue weighted by molar-refractivity contribution is 0.112. The third-order valence-corrected chi connectivity index (χ3v) is 5.02. The fraction of sp³-hybridized carbons (Fsp3) is 0.125. The molecular weight excluding hydrogens is 362 g/mol. The molecule has 29 heavy (non-hydrogen) atoms. The Morgan fingerprint density at radius 1 is 0.966 bits per heavy atom. The van der Waals surface area contributed by atoms with Gasteiger partial charge >= 0.3 is 0 Å². The molecule has 0 atom stereocenters. The minimum absolute atomic E-state index is 0.105. The minimum atomic E-state index is 0.105. The van der Waals surface area contributed by atoms with E-state index in [-0.39, 0.29) is 6.61 Å². The first-order valence-corrected chi connectivity index (χ1v) is 9.46. The molecule has 0 spiro atoms. The van der Waals surface area contributed by atoms with Gasteiger partial charge in [0, 0.05) is 41.1 Å². The molecule has 0 fully saturated rings. The molecular formula is C24H21N3O2. The molecule has 4 rings (SSSR count). The van der Waals surface area contributed by atoms with E-state index < -0.39 is 0 Å². The summed E-state index contributed by atoms with van der Waals surface area (Å²) in [5.41, 5.74) is 7.20. The van der Waals surface area contributed by atoms with Crippen molar-refractivity contribution in [3.63, 3.8) is 0 Å². The average Bonchev–Trinajstić information content (AvgIpc) is 2.78. The van der Waals surface area contributed by atoms with E-state index in [1.165, 1.54) is 0 Å². The van der Waals surface area contributed by atoms with Crippen molar-refractivity contribution in [2.75, 3.05) is 18.5 Å². The number of rotatable bonds is 6. The van der Waals surface area contributed by atoms with Crippen LogP contribution in [0.1, 0.15) is 15.9 Å². The zero-order valence-electron chi connectivity index (χ0n) is 16.1. The van der Waals surface area contributed by atoms with Gasteiger partial charge in [-0.1, -0.05) is 36.4 Å². The number of hydrogen-bond acceptors (Lipinski definition) is 5. The molecule has 0 aliphatic rings. The van der Waals surface area contributed by atoms with E-state index in [0.29, 0.717) is 12.1 Å². The maximum Gasteiger partial charge on any atom is 0.151 e. The van der Waals surface area contributed by atoms with Gasteiger partial charge in [0.2, 0.25) is 0 Å². The van der Waals surface area contributed by atoms with Crippen LogP contribution in [-0.2, 0) is 0 Å². The van der Waals surface area contributed by atoms with Crippen LogP contribution in [0.15, 0.2) is 67.0 Å². The molecule has 2 heterocycles. The third kappa shape index (κ3) is 3.73. The van der Waals surface area contributed by atoms with Gasteiger partial charge in [-0.15, -0.1) is 0 Å². The molecule has 0 aliphatic carbocycles. The van der Waals surface area contributed by atoms with Gasteiger partial charge in [-0.05, 0) is 41.8 Å². The standard InChI is InChI=1S/C24H21N3O2/c1-16-22(15-29)21-14-25-11-10-23(21)27-24(16)19-4-2-17(3-5-19)18-6-8-20(9-7-18)26-12-13-28/h2-11,14-15,26,28H,12-13H2,1H3. The highest BCUT2D eigenvalue weighted by molar-refractivity contribution is 5.99. The van der Waals surface area contributed by atoms with Crippen LogP contribution in [0.5, 0.6) is 0 Å². The molecule has 0 saturated heterocycles. The molecule has 144 valence electrons. The molecule has 2 N–H and O–H groups in total. The van der Waals surface area contributed by atoms with Crippen LogP contribution < -0.4 is 5.32 Å². The van der Waals surface area contributed by atoms with Crippen molar-refractivity contribution in [2.24, 2.45) is 0 Å². The summed E-state index contributed by atoms with van der Waals surface area (Å²) in [6.07, 6.45) is 4.25. The van der Waals surface area contributed by atoms with Crippen LogP contribution in [-0.4, -0.2) is 34.5 Å². The van der Waals surface area contributed by atoms with E-state index in [4.69, 9.17) is 10.1 Å². The fourth-order valence-electron chi connectivity index (χ4n) is 3.46. The Morgan fingerprint density at radius 2 is 1.62 bits per heavy atom. The molecule has 0 saturated carbocycles. The van der Waals surface area contributed by atoms with Crippen LogP contribution in [0.25, 0.3) is 33.3 Å². The highest BCUT2D eigenvalue weighted by Gasteiger charge is 2.13. The molecule has 0 unspecified atom stereocenters. The largest absolute Gasteiger partial charge is 0.395 e. The second kappa shape index (κ2) is 8.20. The number of aliphatic hydroxyl groups excluding tert-OH is 1. The van der Waals surface area contributed by atoms with E-state index in [1.54, 1.807) is 12.4 Å². The van der Waals surface area contributed by atoms with E-state index in [2.05, 4.69) is 22.4 Å². The quantitative estimate of drug-likeness (QED) is 0.480. The number of aldehydes is 1. The topological polar surface area (TPSA) is 75.1 Å². The zero-order chi connectivity index (χ0) is 20.2. The highest BCUT2D eigenvalue weighted by Crippen LogP contribution is 2.30. The maximum atomic E-state index is 11.7.